The van der Waals surface area contributed by atoms with E-state index in [9.17, 15) is 8.42 Å². The minimum Gasteiger partial charge on any atom is -0.497 e. The van der Waals surface area contributed by atoms with Gasteiger partial charge in [0.1, 0.15) is 11.5 Å². The number of hydrogen-bond donors (Lipinski definition) is 1. The number of likely N-dealkylation sites (tertiary alicyclic amines) is 1. The van der Waals surface area contributed by atoms with Crippen molar-refractivity contribution in [3.8, 4) is 11.5 Å². The van der Waals surface area contributed by atoms with Crippen molar-refractivity contribution in [3.05, 3.63) is 54.1 Å². The number of nitrogens with zero attached hydrogens (tertiary/aromatic N) is 2. The first-order chi connectivity index (χ1) is 15.9. The van der Waals surface area contributed by atoms with Gasteiger partial charge in [-0.05, 0) is 55.1 Å². The molecule has 0 amide bonds. The summed E-state index contributed by atoms with van der Waals surface area (Å²) in [7, 11) is -0.318. The molecule has 7 nitrogen and oxygen atoms in total. The predicted octanol–water partition coefficient (Wildman–Crippen LogP) is 3.26. The summed E-state index contributed by atoms with van der Waals surface area (Å²) in [6.45, 7) is 3.40. The summed E-state index contributed by atoms with van der Waals surface area (Å²) in [4.78, 5) is 2.50. The second kappa shape index (κ2) is 9.87. The predicted molar refractivity (Wildman–Crippen MR) is 132 cm³/mol. The van der Waals surface area contributed by atoms with Crippen LogP contribution < -0.4 is 14.8 Å². The van der Waals surface area contributed by atoms with Gasteiger partial charge in [0.2, 0.25) is 10.0 Å². The van der Waals surface area contributed by atoms with Crippen LogP contribution in [-0.2, 0) is 16.6 Å². The number of thiocarbonyl (C=S) groups is 1. The van der Waals surface area contributed by atoms with Crippen molar-refractivity contribution in [1.29, 1.82) is 0 Å². The Hall–Kier alpha value is -2.36. The van der Waals surface area contributed by atoms with Crippen molar-refractivity contribution in [2.24, 2.45) is 5.41 Å². The van der Waals surface area contributed by atoms with Crippen molar-refractivity contribution < 1.29 is 17.9 Å². The summed E-state index contributed by atoms with van der Waals surface area (Å²) in [6, 6.07) is 14.6. The van der Waals surface area contributed by atoms with E-state index < -0.39 is 10.0 Å². The standard InChI is InChI=1S/C24H31N3O4S2/c1-30-20-7-5-8-21(16-20)33(28,29)27-14-11-24(12-15-27)10-13-26(18-24)23(32)25-17-19-6-3-4-9-22(19)31-2/h3-9,16H,10-15,17-18H2,1-2H3,(H,25,32). The van der Waals surface area contributed by atoms with Crippen LogP contribution in [0.25, 0.3) is 0 Å². The van der Waals surface area contributed by atoms with Gasteiger partial charge in [0, 0.05) is 44.4 Å². The van der Waals surface area contributed by atoms with Crippen LogP contribution in [0.15, 0.2) is 53.4 Å². The molecule has 0 unspecified atom stereocenters. The topological polar surface area (TPSA) is 71.1 Å². The number of para-hydroxylation sites is 1. The van der Waals surface area contributed by atoms with Crippen LogP contribution in [-0.4, -0.2) is 63.1 Å². The van der Waals surface area contributed by atoms with E-state index in [1.165, 1.54) is 7.11 Å². The average molecular weight is 490 g/mol. The van der Waals surface area contributed by atoms with Crippen LogP contribution in [0.4, 0.5) is 0 Å². The summed E-state index contributed by atoms with van der Waals surface area (Å²) >= 11 is 5.67. The molecule has 0 saturated carbocycles. The molecule has 33 heavy (non-hydrogen) atoms. The van der Waals surface area contributed by atoms with Gasteiger partial charge in [0.25, 0.3) is 0 Å². The first-order valence-corrected chi connectivity index (χ1v) is 13.0. The summed E-state index contributed by atoms with van der Waals surface area (Å²) in [5, 5.41) is 4.10. The Morgan fingerprint density at radius 1 is 1.03 bits per heavy atom. The Morgan fingerprint density at radius 3 is 2.48 bits per heavy atom. The van der Waals surface area contributed by atoms with Gasteiger partial charge in [-0.1, -0.05) is 24.3 Å². The molecule has 2 heterocycles. The number of sulfonamides is 1. The lowest BCUT2D eigenvalue weighted by Gasteiger charge is -2.38. The fourth-order valence-corrected chi connectivity index (χ4v) is 6.46. The maximum atomic E-state index is 13.1. The van der Waals surface area contributed by atoms with Crippen LogP contribution in [0.5, 0.6) is 11.5 Å². The molecule has 0 aromatic heterocycles. The second-order valence-corrected chi connectivity index (χ2v) is 11.0. The van der Waals surface area contributed by atoms with Gasteiger partial charge in [0.15, 0.2) is 5.11 Å². The summed E-state index contributed by atoms with van der Waals surface area (Å²) in [6.07, 6.45) is 2.69. The molecule has 1 N–H and O–H groups in total. The molecule has 9 heteroatoms. The summed E-state index contributed by atoms with van der Waals surface area (Å²) in [5.41, 5.74) is 1.17. The summed E-state index contributed by atoms with van der Waals surface area (Å²) in [5.74, 6) is 1.39. The van der Waals surface area contributed by atoms with Crippen LogP contribution in [0.2, 0.25) is 0 Å². The lowest BCUT2D eigenvalue weighted by Crippen LogP contribution is -2.45. The van der Waals surface area contributed by atoms with E-state index in [2.05, 4.69) is 10.2 Å². The smallest absolute Gasteiger partial charge is 0.243 e. The minimum atomic E-state index is -3.53. The Kier molecular flexibility index (Phi) is 7.11. The van der Waals surface area contributed by atoms with E-state index in [-0.39, 0.29) is 10.3 Å². The molecule has 0 aliphatic carbocycles. The van der Waals surface area contributed by atoms with Crippen LogP contribution in [0.3, 0.4) is 0 Å². The molecule has 2 aromatic carbocycles. The van der Waals surface area contributed by atoms with Gasteiger partial charge in [0.05, 0.1) is 19.1 Å². The molecule has 2 aliphatic heterocycles. The highest BCUT2D eigenvalue weighted by Crippen LogP contribution is 2.41. The molecule has 0 bridgehead atoms. The first kappa shape index (κ1) is 23.8. The Labute approximate surface area is 201 Å². The van der Waals surface area contributed by atoms with Crippen molar-refractivity contribution in [2.45, 2.75) is 30.7 Å². The Morgan fingerprint density at radius 2 is 1.76 bits per heavy atom. The zero-order valence-corrected chi connectivity index (χ0v) is 20.8. The molecule has 0 atom stereocenters. The number of nitrogens with one attached hydrogen (secondary N) is 1. The molecule has 4 rings (SSSR count). The van der Waals surface area contributed by atoms with E-state index in [1.807, 2.05) is 24.3 Å². The third kappa shape index (κ3) is 5.10. The third-order valence-electron chi connectivity index (χ3n) is 6.81. The highest BCUT2D eigenvalue weighted by atomic mass is 32.2. The van der Waals surface area contributed by atoms with Gasteiger partial charge in [-0.25, -0.2) is 8.42 Å². The third-order valence-corrected chi connectivity index (χ3v) is 9.11. The van der Waals surface area contributed by atoms with Gasteiger partial charge in [-0.2, -0.15) is 4.31 Å². The van der Waals surface area contributed by atoms with Crippen LogP contribution in [0.1, 0.15) is 24.8 Å². The largest absolute Gasteiger partial charge is 0.497 e. The molecular formula is C24H31N3O4S2. The number of ether oxygens (including phenoxy) is 2. The zero-order chi connectivity index (χ0) is 23.5. The van der Waals surface area contributed by atoms with E-state index in [4.69, 9.17) is 21.7 Å². The first-order valence-electron chi connectivity index (χ1n) is 11.2. The Balaban J connectivity index is 1.33. The summed E-state index contributed by atoms with van der Waals surface area (Å²) < 4.78 is 38.5. The molecule has 2 saturated heterocycles. The SMILES string of the molecule is COc1cccc(S(=O)(=O)N2CCC3(CCN(C(=S)NCc4ccccc4OC)C3)CC2)c1. The minimum absolute atomic E-state index is 0.108. The normalized spacial score (nSPS) is 18.3. The average Bonchev–Trinajstić information content (AvgIpc) is 3.26. The van der Waals surface area contributed by atoms with Crippen molar-refractivity contribution in [1.82, 2.24) is 14.5 Å². The molecule has 2 aromatic rings. The highest BCUT2D eigenvalue weighted by Gasteiger charge is 2.43. The van der Waals surface area contributed by atoms with E-state index >= 15 is 0 Å². The van der Waals surface area contributed by atoms with E-state index in [1.54, 1.807) is 35.7 Å². The number of methoxy groups -OCH3 is 2. The monoisotopic (exact) mass is 489 g/mol. The highest BCUT2D eigenvalue weighted by molar-refractivity contribution is 7.89. The Bertz CT molecular complexity index is 1100. The fourth-order valence-electron chi connectivity index (χ4n) is 4.76. The van der Waals surface area contributed by atoms with Crippen LogP contribution >= 0.6 is 12.2 Å². The molecule has 0 radical (unpaired) electrons. The number of piperidine rings is 1. The van der Waals surface area contributed by atoms with Gasteiger partial charge in [-0.15, -0.1) is 0 Å². The maximum Gasteiger partial charge on any atom is 0.243 e. The lowest BCUT2D eigenvalue weighted by molar-refractivity contribution is 0.166. The van der Waals surface area contributed by atoms with Crippen molar-refractivity contribution >= 4 is 27.4 Å². The second-order valence-electron chi connectivity index (χ2n) is 8.73. The quantitative estimate of drug-likeness (QED) is 0.625. The van der Waals surface area contributed by atoms with E-state index in [0.717, 1.165) is 48.8 Å². The maximum absolute atomic E-state index is 13.1. The molecule has 178 valence electrons. The number of rotatable bonds is 6. The van der Waals surface area contributed by atoms with Gasteiger partial charge in [-0.3, -0.25) is 0 Å². The fraction of sp³-hybridized carbons (Fsp3) is 0.458. The number of hydrogen-bond acceptors (Lipinski definition) is 5. The zero-order valence-electron chi connectivity index (χ0n) is 19.1. The van der Waals surface area contributed by atoms with Gasteiger partial charge >= 0.3 is 0 Å². The molecule has 2 aliphatic rings. The van der Waals surface area contributed by atoms with Gasteiger partial charge < -0.3 is 19.7 Å². The van der Waals surface area contributed by atoms with Crippen molar-refractivity contribution in [2.75, 3.05) is 40.4 Å². The molecule has 1 spiro atoms. The molecular weight excluding hydrogens is 458 g/mol. The van der Waals surface area contributed by atoms with Crippen molar-refractivity contribution in [3.63, 3.8) is 0 Å². The van der Waals surface area contributed by atoms with E-state index in [0.29, 0.717) is 25.4 Å². The number of benzene rings is 2. The molecule has 2 fully saturated rings. The van der Waals surface area contributed by atoms with Crippen LogP contribution in [0, 0.1) is 5.41 Å². The lowest BCUT2D eigenvalue weighted by atomic mass is 9.78.